The first kappa shape index (κ1) is 13.1. The van der Waals surface area contributed by atoms with Crippen LogP contribution in [0.2, 0.25) is 0 Å². The first-order chi connectivity index (χ1) is 10.7. The maximum absolute atomic E-state index is 12.3. The van der Waals surface area contributed by atoms with Crippen molar-refractivity contribution < 1.29 is 9.57 Å². The predicted molar refractivity (Wildman–Crippen MR) is 83.4 cm³/mol. The summed E-state index contributed by atoms with van der Waals surface area (Å²) in [6.45, 7) is 4.57. The van der Waals surface area contributed by atoms with E-state index in [0.717, 1.165) is 29.0 Å². The predicted octanol–water partition coefficient (Wildman–Crippen LogP) is 0.116. The number of benzene rings is 1. The lowest BCUT2D eigenvalue weighted by Crippen LogP contribution is -2.31. The molecule has 1 atom stereocenters. The van der Waals surface area contributed by atoms with Crippen LogP contribution >= 0.6 is 0 Å². The molecule has 1 aromatic carbocycles. The third kappa shape index (κ3) is 2.17. The van der Waals surface area contributed by atoms with Gasteiger partial charge in [-0.15, -0.1) is 0 Å². The van der Waals surface area contributed by atoms with Crippen LogP contribution in [0.4, 0.5) is 0 Å². The average molecular weight is 297 g/mol. The molecule has 0 saturated carbocycles. The van der Waals surface area contributed by atoms with Crippen molar-refractivity contribution in [2.45, 2.75) is 18.9 Å². The van der Waals surface area contributed by atoms with E-state index in [0.29, 0.717) is 23.5 Å². The fourth-order valence-electron chi connectivity index (χ4n) is 2.71. The minimum Gasteiger partial charge on any atom is -0.368 e. The number of H-pyrrole nitrogens is 1. The lowest BCUT2D eigenvalue weighted by atomic mass is 10.2. The first-order valence-corrected chi connectivity index (χ1v) is 7.20. The Morgan fingerprint density at radius 3 is 3.05 bits per heavy atom. The second kappa shape index (κ2) is 4.99. The normalized spacial score (nSPS) is 23.3. The van der Waals surface area contributed by atoms with Crippen LogP contribution in [0.25, 0.3) is 23.3 Å². The third-order valence-corrected chi connectivity index (χ3v) is 3.84. The van der Waals surface area contributed by atoms with Gasteiger partial charge < -0.3 is 14.6 Å². The SMILES string of the molecule is C=c1ccc2cc(=C3N=C(C4CCCO4)ON3)c(=O)[nH]c2c1. The second-order valence-corrected chi connectivity index (χ2v) is 5.44. The number of ether oxygens (including phenoxy) is 1. The average Bonchev–Trinajstić information content (AvgIpc) is 3.17. The Balaban J connectivity index is 1.86. The molecule has 0 spiro atoms. The van der Waals surface area contributed by atoms with Crippen LogP contribution in [0.1, 0.15) is 12.8 Å². The number of aromatic amines is 1. The van der Waals surface area contributed by atoms with E-state index >= 15 is 0 Å². The van der Waals surface area contributed by atoms with E-state index in [1.54, 1.807) is 6.07 Å². The van der Waals surface area contributed by atoms with Gasteiger partial charge in [0.05, 0.1) is 5.22 Å². The smallest absolute Gasteiger partial charge is 0.259 e. The Hall–Kier alpha value is -2.60. The Morgan fingerprint density at radius 1 is 1.32 bits per heavy atom. The standard InChI is InChI=1S/C16H15N3O3/c1-9-4-5-10-8-11(15(20)17-12(10)7-9)14-18-16(22-19-14)13-3-2-6-21-13/h4-5,7-8,13,19H,1-3,6H2,(H,17,20). The van der Waals surface area contributed by atoms with Gasteiger partial charge in [0.2, 0.25) is 0 Å². The van der Waals surface area contributed by atoms with Crippen LogP contribution in [-0.4, -0.2) is 23.6 Å². The van der Waals surface area contributed by atoms with Crippen LogP contribution in [-0.2, 0) is 9.57 Å². The molecule has 22 heavy (non-hydrogen) atoms. The summed E-state index contributed by atoms with van der Waals surface area (Å²) in [6, 6.07) is 7.44. The van der Waals surface area contributed by atoms with Gasteiger partial charge in [-0.05, 0) is 35.6 Å². The minimum atomic E-state index is -0.221. The number of aliphatic imine (C=N–C) groups is 1. The maximum atomic E-state index is 12.3. The van der Waals surface area contributed by atoms with Gasteiger partial charge in [-0.1, -0.05) is 18.7 Å². The lowest BCUT2D eigenvalue weighted by molar-refractivity contribution is 0.124. The molecular weight excluding hydrogens is 282 g/mol. The highest BCUT2D eigenvalue weighted by atomic mass is 16.7. The highest BCUT2D eigenvalue weighted by Gasteiger charge is 2.27. The summed E-state index contributed by atoms with van der Waals surface area (Å²) in [5.41, 5.74) is 3.25. The molecule has 0 amide bonds. The summed E-state index contributed by atoms with van der Waals surface area (Å²) >= 11 is 0. The van der Waals surface area contributed by atoms with Gasteiger partial charge in [0.1, 0.15) is 6.10 Å². The number of nitrogens with zero attached hydrogens (tertiary/aromatic N) is 1. The molecule has 1 fully saturated rings. The molecule has 0 radical (unpaired) electrons. The number of hydroxylamine groups is 1. The number of nitrogens with one attached hydrogen (secondary N) is 2. The zero-order valence-corrected chi connectivity index (χ0v) is 11.9. The van der Waals surface area contributed by atoms with Crippen molar-refractivity contribution >= 4 is 29.2 Å². The zero-order valence-electron chi connectivity index (χ0n) is 11.9. The largest absolute Gasteiger partial charge is 0.368 e. The van der Waals surface area contributed by atoms with Gasteiger partial charge in [0.15, 0.2) is 5.82 Å². The molecule has 4 rings (SSSR count). The van der Waals surface area contributed by atoms with E-state index in [2.05, 4.69) is 22.0 Å². The summed E-state index contributed by atoms with van der Waals surface area (Å²) in [6.07, 6.45) is 1.75. The summed E-state index contributed by atoms with van der Waals surface area (Å²) in [5, 5.41) is 2.21. The van der Waals surface area contributed by atoms with E-state index in [9.17, 15) is 4.79 Å². The van der Waals surface area contributed by atoms with E-state index in [1.165, 1.54) is 0 Å². The fraction of sp³-hybridized carbons (Fsp3) is 0.250. The van der Waals surface area contributed by atoms with Crippen LogP contribution in [0.3, 0.4) is 0 Å². The molecule has 1 saturated heterocycles. The fourth-order valence-corrected chi connectivity index (χ4v) is 2.71. The zero-order chi connectivity index (χ0) is 15.1. The Kier molecular flexibility index (Phi) is 2.97. The van der Waals surface area contributed by atoms with Crippen LogP contribution < -0.4 is 21.5 Å². The number of hydrogen-bond acceptors (Lipinski definition) is 5. The highest BCUT2D eigenvalue weighted by Crippen LogP contribution is 2.17. The van der Waals surface area contributed by atoms with Gasteiger partial charge >= 0.3 is 0 Å². The molecule has 6 nitrogen and oxygen atoms in total. The molecule has 2 N–H and O–H groups in total. The molecule has 6 heteroatoms. The summed E-state index contributed by atoms with van der Waals surface area (Å²) < 4.78 is 5.53. The van der Waals surface area contributed by atoms with Crippen molar-refractivity contribution in [1.29, 1.82) is 0 Å². The van der Waals surface area contributed by atoms with Crippen molar-refractivity contribution in [3.8, 4) is 0 Å². The second-order valence-electron chi connectivity index (χ2n) is 5.44. The van der Waals surface area contributed by atoms with E-state index in [-0.39, 0.29) is 11.7 Å². The van der Waals surface area contributed by atoms with E-state index < -0.39 is 0 Å². The van der Waals surface area contributed by atoms with Crippen LogP contribution in [0, 0.1) is 0 Å². The van der Waals surface area contributed by atoms with E-state index in [1.807, 2.05) is 18.2 Å². The van der Waals surface area contributed by atoms with Gasteiger partial charge in [-0.3, -0.25) is 4.79 Å². The molecule has 1 unspecified atom stereocenters. The number of aromatic nitrogens is 1. The Labute approximate surface area is 125 Å². The quantitative estimate of drug-likeness (QED) is 0.784. The van der Waals surface area contributed by atoms with Crippen molar-refractivity contribution in [2.75, 3.05) is 6.61 Å². The van der Waals surface area contributed by atoms with Gasteiger partial charge in [0.25, 0.3) is 11.5 Å². The number of pyridine rings is 1. The Morgan fingerprint density at radius 2 is 2.23 bits per heavy atom. The summed E-state index contributed by atoms with van der Waals surface area (Å²) in [7, 11) is 0. The highest BCUT2D eigenvalue weighted by molar-refractivity contribution is 5.87. The summed E-state index contributed by atoms with van der Waals surface area (Å²) in [5.74, 6) is 0.896. The molecule has 2 aliphatic heterocycles. The van der Waals surface area contributed by atoms with E-state index in [4.69, 9.17) is 9.57 Å². The molecule has 0 bridgehead atoms. The van der Waals surface area contributed by atoms with Gasteiger partial charge in [-0.25, -0.2) is 5.48 Å². The molecule has 3 heterocycles. The topological polar surface area (TPSA) is 75.7 Å². The minimum absolute atomic E-state index is 0.127. The molecular formula is C16H15N3O3. The molecule has 2 aliphatic rings. The molecule has 2 aromatic rings. The number of fused-ring (bicyclic) bond motifs is 1. The number of rotatable bonds is 1. The molecule has 0 aliphatic carbocycles. The van der Waals surface area contributed by atoms with Crippen LogP contribution in [0.5, 0.6) is 0 Å². The van der Waals surface area contributed by atoms with Crippen molar-refractivity contribution in [2.24, 2.45) is 4.99 Å². The van der Waals surface area contributed by atoms with Crippen LogP contribution in [0.15, 0.2) is 34.1 Å². The van der Waals surface area contributed by atoms with Crippen molar-refractivity contribution in [1.82, 2.24) is 10.5 Å². The maximum Gasteiger partial charge on any atom is 0.259 e. The molecule has 1 aromatic heterocycles. The number of hydrogen-bond donors (Lipinski definition) is 2. The van der Waals surface area contributed by atoms with Gasteiger partial charge in [0, 0.05) is 12.1 Å². The lowest BCUT2D eigenvalue weighted by Gasteiger charge is -2.05. The first-order valence-electron chi connectivity index (χ1n) is 7.20. The third-order valence-electron chi connectivity index (χ3n) is 3.84. The molecule has 112 valence electrons. The Bertz CT molecular complexity index is 939. The van der Waals surface area contributed by atoms with Crippen molar-refractivity contribution in [3.05, 3.63) is 45.1 Å². The van der Waals surface area contributed by atoms with Crippen molar-refractivity contribution in [3.63, 3.8) is 0 Å². The monoisotopic (exact) mass is 297 g/mol. The van der Waals surface area contributed by atoms with Gasteiger partial charge in [-0.2, -0.15) is 4.99 Å². The summed E-state index contributed by atoms with van der Waals surface area (Å²) in [4.78, 5) is 24.8.